The van der Waals surface area contributed by atoms with E-state index in [1.54, 1.807) is 18.2 Å². The third-order valence-electron chi connectivity index (χ3n) is 2.66. The molecule has 0 amide bonds. The van der Waals surface area contributed by atoms with Gasteiger partial charge < -0.3 is 19.7 Å². The molecule has 0 radical (unpaired) electrons. The lowest BCUT2D eigenvalue weighted by Crippen LogP contribution is -2.18. The molecule has 2 N–H and O–H groups in total. The number of aliphatic hydroxyl groups is 1. The third kappa shape index (κ3) is 4.86. The Labute approximate surface area is 132 Å². The molecule has 0 fully saturated rings. The predicted molar refractivity (Wildman–Crippen MR) is 80.7 cm³/mol. The van der Waals surface area contributed by atoms with Crippen molar-refractivity contribution >= 4 is 29.2 Å². The number of aromatic nitrogens is 2. The summed E-state index contributed by atoms with van der Waals surface area (Å²) in [5.41, 5.74) is 0.670. The first-order valence-corrected chi connectivity index (χ1v) is 7.05. The van der Waals surface area contributed by atoms with Gasteiger partial charge in [0.05, 0.1) is 12.7 Å². The van der Waals surface area contributed by atoms with E-state index in [0.717, 1.165) is 0 Å². The monoisotopic (exact) mass is 331 g/mol. The highest BCUT2D eigenvalue weighted by atomic mass is 35.5. The first-order chi connectivity index (χ1) is 10.1. The quantitative estimate of drug-likeness (QED) is 0.812. The molecule has 1 aromatic heterocycles. The van der Waals surface area contributed by atoms with E-state index in [0.29, 0.717) is 34.4 Å². The van der Waals surface area contributed by atoms with Gasteiger partial charge in [0.25, 0.3) is 0 Å². The number of hydrogen-bond acceptors (Lipinski definition) is 6. The van der Waals surface area contributed by atoms with Crippen LogP contribution in [0.2, 0.25) is 10.0 Å². The average molecular weight is 332 g/mol. The van der Waals surface area contributed by atoms with Gasteiger partial charge in [-0.3, -0.25) is 0 Å². The summed E-state index contributed by atoms with van der Waals surface area (Å²) in [7, 11) is 1.54. The zero-order valence-electron chi connectivity index (χ0n) is 11.3. The Bertz CT molecular complexity index is 572. The molecule has 8 heteroatoms. The Morgan fingerprint density at radius 3 is 2.71 bits per heavy atom. The Hall–Kier alpha value is -1.34. The van der Waals surface area contributed by atoms with E-state index in [2.05, 4.69) is 15.5 Å². The molecule has 21 heavy (non-hydrogen) atoms. The summed E-state index contributed by atoms with van der Waals surface area (Å²) in [4.78, 5) is 4.19. The molecule has 0 saturated heterocycles. The average Bonchev–Trinajstić information content (AvgIpc) is 2.87. The van der Waals surface area contributed by atoms with Gasteiger partial charge in [0.2, 0.25) is 5.82 Å². The van der Waals surface area contributed by atoms with Crippen LogP contribution < -0.4 is 5.32 Å². The van der Waals surface area contributed by atoms with E-state index in [-0.39, 0.29) is 12.6 Å². The van der Waals surface area contributed by atoms with E-state index in [4.69, 9.17) is 32.5 Å². The summed E-state index contributed by atoms with van der Waals surface area (Å²) in [6.45, 7) is 0.778. The summed E-state index contributed by atoms with van der Waals surface area (Å²) >= 11 is 11.9. The van der Waals surface area contributed by atoms with Crippen LogP contribution in [0.4, 0.5) is 6.01 Å². The fourth-order valence-electron chi connectivity index (χ4n) is 1.72. The standard InChI is InChI=1S/C13H15Cl2N3O3/c1-20-7-11(19)2-3-16-13-17-12(18-21-13)8-4-9(14)6-10(15)5-8/h4-6,11,19H,2-3,7H2,1H3,(H,16,17,18). The highest BCUT2D eigenvalue weighted by Crippen LogP contribution is 2.25. The van der Waals surface area contributed by atoms with Crippen LogP contribution in [-0.4, -0.2) is 41.6 Å². The van der Waals surface area contributed by atoms with Crippen molar-refractivity contribution in [2.75, 3.05) is 25.6 Å². The van der Waals surface area contributed by atoms with Crippen LogP contribution in [-0.2, 0) is 4.74 Å². The molecule has 1 heterocycles. The number of ether oxygens (including phenoxy) is 1. The highest BCUT2D eigenvalue weighted by Gasteiger charge is 2.10. The third-order valence-corrected chi connectivity index (χ3v) is 3.10. The first kappa shape index (κ1) is 16.0. The van der Waals surface area contributed by atoms with Gasteiger partial charge in [-0.05, 0) is 24.6 Å². The van der Waals surface area contributed by atoms with Crippen molar-refractivity contribution in [2.24, 2.45) is 0 Å². The topological polar surface area (TPSA) is 80.4 Å². The molecular formula is C13H15Cl2N3O3. The fourth-order valence-corrected chi connectivity index (χ4v) is 2.24. The van der Waals surface area contributed by atoms with Crippen molar-refractivity contribution in [1.82, 2.24) is 10.1 Å². The molecule has 1 atom stereocenters. The van der Waals surface area contributed by atoms with Crippen molar-refractivity contribution in [3.05, 3.63) is 28.2 Å². The van der Waals surface area contributed by atoms with E-state index < -0.39 is 6.10 Å². The number of methoxy groups -OCH3 is 1. The maximum atomic E-state index is 9.51. The van der Waals surface area contributed by atoms with Gasteiger partial charge in [-0.15, -0.1) is 0 Å². The van der Waals surface area contributed by atoms with Gasteiger partial charge >= 0.3 is 6.01 Å². The Kier molecular flexibility index (Phi) is 5.81. The van der Waals surface area contributed by atoms with Gasteiger partial charge in [0, 0.05) is 29.3 Å². The molecule has 0 aliphatic rings. The lowest BCUT2D eigenvalue weighted by Gasteiger charge is -2.08. The number of hydrogen-bond donors (Lipinski definition) is 2. The summed E-state index contributed by atoms with van der Waals surface area (Å²) in [5, 5.41) is 17.3. The molecular weight excluding hydrogens is 317 g/mol. The molecule has 0 spiro atoms. The second kappa shape index (κ2) is 7.61. The molecule has 1 aromatic carbocycles. The van der Waals surface area contributed by atoms with Gasteiger partial charge in [0.15, 0.2) is 0 Å². The number of rotatable bonds is 7. The van der Waals surface area contributed by atoms with Crippen LogP contribution in [0.25, 0.3) is 11.4 Å². The molecule has 2 aromatic rings. The minimum atomic E-state index is -0.531. The molecule has 2 rings (SSSR count). The normalized spacial score (nSPS) is 12.4. The molecule has 1 unspecified atom stereocenters. The number of halogens is 2. The molecule has 0 bridgehead atoms. The molecule has 114 valence electrons. The molecule has 0 aliphatic carbocycles. The second-order valence-electron chi connectivity index (χ2n) is 4.41. The van der Waals surface area contributed by atoms with E-state index >= 15 is 0 Å². The maximum Gasteiger partial charge on any atom is 0.321 e. The summed E-state index contributed by atoms with van der Waals surface area (Å²) in [6, 6.07) is 5.29. The first-order valence-electron chi connectivity index (χ1n) is 6.29. The van der Waals surface area contributed by atoms with Crippen molar-refractivity contribution in [2.45, 2.75) is 12.5 Å². The van der Waals surface area contributed by atoms with Gasteiger partial charge in [0.1, 0.15) is 0 Å². The Morgan fingerprint density at radius 1 is 1.33 bits per heavy atom. The van der Waals surface area contributed by atoms with Gasteiger partial charge in [-0.1, -0.05) is 28.4 Å². The highest BCUT2D eigenvalue weighted by molar-refractivity contribution is 6.35. The Balaban J connectivity index is 1.95. The van der Waals surface area contributed by atoms with Crippen LogP contribution in [0.15, 0.2) is 22.7 Å². The van der Waals surface area contributed by atoms with Crippen molar-refractivity contribution < 1.29 is 14.4 Å². The molecule has 0 aliphatic heterocycles. The summed E-state index contributed by atoms with van der Waals surface area (Å²) < 4.78 is 9.91. The number of benzene rings is 1. The molecule has 0 saturated carbocycles. The summed E-state index contributed by atoms with van der Waals surface area (Å²) in [5.74, 6) is 0.388. The Morgan fingerprint density at radius 2 is 2.05 bits per heavy atom. The fraction of sp³-hybridized carbons (Fsp3) is 0.385. The predicted octanol–water partition coefficient (Wildman–Crippen LogP) is 2.85. The van der Waals surface area contributed by atoms with E-state index in [9.17, 15) is 5.11 Å². The zero-order valence-corrected chi connectivity index (χ0v) is 12.9. The van der Waals surface area contributed by atoms with E-state index in [1.165, 1.54) is 7.11 Å². The smallest absolute Gasteiger partial charge is 0.321 e. The van der Waals surface area contributed by atoms with Crippen molar-refractivity contribution in [1.29, 1.82) is 0 Å². The van der Waals surface area contributed by atoms with Crippen LogP contribution in [0, 0.1) is 0 Å². The van der Waals surface area contributed by atoms with Crippen molar-refractivity contribution in [3.63, 3.8) is 0 Å². The zero-order chi connectivity index (χ0) is 15.2. The van der Waals surface area contributed by atoms with Crippen LogP contribution in [0.5, 0.6) is 0 Å². The minimum Gasteiger partial charge on any atom is -0.391 e. The number of nitrogens with one attached hydrogen (secondary N) is 1. The van der Waals surface area contributed by atoms with E-state index in [1.807, 2.05) is 0 Å². The van der Waals surface area contributed by atoms with Gasteiger partial charge in [-0.2, -0.15) is 4.98 Å². The minimum absolute atomic E-state index is 0.269. The second-order valence-corrected chi connectivity index (χ2v) is 5.28. The summed E-state index contributed by atoms with van der Waals surface area (Å²) in [6.07, 6.45) is -0.0224. The van der Waals surface area contributed by atoms with Crippen LogP contribution in [0.3, 0.4) is 0 Å². The van der Waals surface area contributed by atoms with Crippen LogP contribution in [0.1, 0.15) is 6.42 Å². The number of nitrogens with zero attached hydrogens (tertiary/aromatic N) is 2. The SMILES string of the molecule is COCC(O)CCNc1nc(-c2cc(Cl)cc(Cl)c2)no1. The number of aliphatic hydroxyl groups excluding tert-OH is 1. The van der Waals surface area contributed by atoms with Crippen LogP contribution >= 0.6 is 23.2 Å². The lowest BCUT2D eigenvalue weighted by molar-refractivity contribution is 0.0614. The van der Waals surface area contributed by atoms with Gasteiger partial charge in [-0.25, -0.2) is 0 Å². The van der Waals surface area contributed by atoms with Crippen molar-refractivity contribution in [3.8, 4) is 11.4 Å². The number of anilines is 1. The maximum absolute atomic E-state index is 9.51. The largest absolute Gasteiger partial charge is 0.391 e. The lowest BCUT2D eigenvalue weighted by atomic mass is 10.2. The molecule has 6 nitrogen and oxygen atoms in total.